The summed E-state index contributed by atoms with van der Waals surface area (Å²) in [6.45, 7) is 0. The van der Waals surface area contributed by atoms with Crippen molar-refractivity contribution in [2.45, 2.75) is 0 Å². The molecule has 1 rings (SSSR count). The average Bonchev–Trinajstić information content (AvgIpc) is 2.27. The van der Waals surface area contributed by atoms with E-state index in [-0.39, 0.29) is 11.3 Å². The summed E-state index contributed by atoms with van der Waals surface area (Å²) in [5, 5.41) is 10.7. The Morgan fingerprint density at radius 3 is 2.50 bits per heavy atom. The normalized spacial score (nSPS) is 9.38. The molecule has 0 heterocycles. The fourth-order valence-corrected chi connectivity index (χ4v) is 1.18. The van der Waals surface area contributed by atoms with Gasteiger partial charge in [0.05, 0.1) is 14.2 Å². The SMILES string of the molecule is COC(=O)c1cc(NC(=O)O)ccc1OC. The zero-order valence-electron chi connectivity index (χ0n) is 8.81. The number of methoxy groups -OCH3 is 2. The lowest BCUT2D eigenvalue weighted by Gasteiger charge is -2.08. The first-order chi connectivity index (χ1) is 7.58. The van der Waals surface area contributed by atoms with Crippen molar-refractivity contribution < 1.29 is 24.2 Å². The Labute approximate surface area is 91.8 Å². The van der Waals surface area contributed by atoms with Crippen LogP contribution in [0.2, 0.25) is 0 Å². The maximum absolute atomic E-state index is 11.4. The molecule has 1 aromatic rings. The zero-order valence-corrected chi connectivity index (χ0v) is 8.81. The van der Waals surface area contributed by atoms with Gasteiger partial charge >= 0.3 is 12.1 Å². The van der Waals surface area contributed by atoms with Crippen molar-refractivity contribution in [1.82, 2.24) is 0 Å². The van der Waals surface area contributed by atoms with E-state index >= 15 is 0 Å². The fraction of sp³-hybridized carbons (Fsp3) is 0.200. The van der Waals surface area contributed by atoms with E-state index in [1.807, 2.05) is 0 Å². The highest BCUT2D eigenvalue weighted by Crippen LogP contribution is 2.23. The van der Waals surface area contributed by atoms with Gasteiger partial charge in [-0.25, -0.2) is 9.59 Å². The molecule has 1 aromatic carbocycles. The number of esters is 1. The van der Waals surface area contributed by atoms with Crippen molar-refractivity contribution in [3.05, 3.63) is 23.8 Å². The Balaban J connectivity index is 3.10. The van der Waals surface area contributed by atoms with Crippen molar-refractivity contribution in [3.63, 3.8) is 0 Å². The third-order valence-corrected chi connectivity index (χ3v) is 1.86. The van der Waals surface area contributed by atoms with Crippen LogP contribution >= 0.6 is 0 Å². The van der Waals surface area contributed by atoms with Crippen molar-refractivity contribution >= 4 is 17.7 Å². The Morgan fingerprint density at radius 1 is 1.31 bits per heavy atom. The number of rotatable bonds is 3. The van der Waals surface area contributed by atoms with Gasteiger partial charge in [-0.2, -0.15) is 0 Å². The Bertz CT molecular complexity index is 416. The summed E-state index contributed by atoms with van der Waals surface area (Å²) in [6.07, 6.45) is -1.21. The van der Waals surface area contributed by atoms with Gasteiger partial charge in [0.15, 0.2) is 0 Å². The van der Waals surface area contributed by atoms with E-state index in [1.54, 1.807) is 0 Å². The summed E-state index contributed by atoms with van der Waals surface area (Å²) in [5.74, 6) is -0.270. The van der Waals surface area contributed by atoms with Gasteiger partial charge < -0.3 is 14.6 Å². The maximum Gasteiger partial charge on any atom is 0.409 e. The van der Waals surface area contributed by atoms with Crippen LogP contribution in [0.4, 0.5) is 10.5 Å². The van der Waals surface area contributed by atoms with Crippen molar-refractivity contribution in [3.8, 4) is 5.75 Å². The number of carbonyl (C=O) groups excluding carboxylic acids is 1. The van der Waals surface area contributed by atoms with Gasteiger partial charge in [0, 0.05) is 5.69 Å². The molecule has 2 N–H and O–H groups in total. The van der Waals surface area contributed by atoms with Crippen LogP contribution in [0.25, 0.3) is 0 Å². The van der Waals surface area contributed by atoms with E-state index in [9.17, 15) is 9.59 Å². The lowest BCUT2D eigenvalue weighted by Crippen LogP contribution is -2.09. The second kappa shape index (κ2) is 5.01. The van der Waals surface area contributed by atoms with Gasteiger partial charge in [-0.3, -0.25) is 5.32 Å². The van der Waals surface area contributed by atoms with E-state index in [1.165, 1.54) is 32.4 Å². The topological polar surface area (TPSA) is 84.9 Å². The third kappa shape index (κ3) is 2.63. The van der Waals surface area contributed by atoms with E-state index < -0.39 is 12.1 Å². The minimum atomic E-state index is -1.21. The highest BCUT2D eigenvalue weighted by molar-refractivity contribution is 5.95. The number of amides is 1. The minimum Gasteiger partial charge on any atom is -0.496 e. The Hall–Kier alpha value is -2.24. The molecule has 0 aliphatic rings. The predicted molar refractivity (Wildman–Crippen MR) is 56.0 cm³/mol. The molecule has 0 fully saturated rings. The number of nitrogens with one attached hydrogen (secondary N) is 1. The van der Waals surface area contributed by atoms with Crippen molar-refractivity contribution in [2.24, 2.45) is 0 Å². The van der Waals surface area contributed by atoms with Gasteiger partial charge in [-0.1, -0.05) is 0 Å². The second-order valence-corrected chi connectivity index (χ2v) is 2.84. The van der Waals surface area contributed by atoms with Gasteiger partial charge in [-0.05, 0) is 18.2 Å². The van der Waals surface area contributed by atoms with Gasteiger partial charge in [0.25, 0.3) is 0 Å². The van der Waals surface area contributed by atoms with E-state index in [4.69, 9.17) is 9.84 Å². The minimum absolute atomic E-state index is 0.163. The fourth-order valence-electron chi connectivity index (χ4n) is 1.18. The molecular weight excluding hydrogens is 214 g/mol. The highest BCUT2D eigenvalue weighted by Gasteiger charge is 2.13. The van der Waals surface area contributed by atoms with Crippen LogP contribution in [0.1, 0.15) is 10.4 Å². The second-order valence-electron chi connectivity index (χ2n) is 2.84. The molecule has 86 valence electrons. The van der Waals surface area contributed by atoms with Crippen molar-refractivity contribution in [1.29, 1.82) is 0 Å². The number of benzene rings is 1. The number of hydrogen-bond donors (Lipinski definition) is 2. The molecule has 0 spiro atoms. The van der Waals surface area contributed by atoms with Crippen LogP contribution in [0.15, 0.2) is 18.2 Å². The number of hydrogen-bond acceptors (Lipinski definition) is 4. The average molecular weight is 225 g/mol. The van der Waals surface area contributed by atoms with Crippen molar-refractivity contribution in [2.75, 3.05) is 19.5 Å². The van der Waals surface area contributed by atoms with Crippen LogP contribution in [0.3, 0.4) is 0 Å². The molecule has 0 aliphatic heterocycles. The zero-order chi connectivity index (χ0) is 12.1. The summed E-state index contributed by atoms with van der Waals surface area (Å²) < 4.78 is 9.50. The van der Waals surface area contributed by atoms with Gasteiger partial charge in [0.2, 0.25) is 0 Å². The lowest BCUT2D eigenvalue weighted by atomic mass is 10.2. The van der Waals surface area contributed by atoms with E-state index in [0.29, 0.717) is 5.75 Å². The summed E-state index contributed by atoms with van der Waals surface area (Å²) in [6, 6.07) is 4.32. The molecule has 6 heteroatoms. The van der Waals surface area contributed by atoms with Gasteiger partial charge in [-0.15, -0.1) is 0 Å². The first-order valence-corrected chi connectivity index (χ1v) is 4.34. The molecule has 6 nitrogen and oxygen atoms in total. The quantitative estimate of drug-likeness (QED) is 0.762. The lowest BCUT2D eigenvalue weighted by molar-refractivity contribution is 0.0597. The molecule has 16 heavy (non-hydrogen) atoms. The predicted octanol–water partition coefficient (Wildman–Crippen LogP) is 1.57. The summed E-state index contributed by atoms with van der Waals surface area (Å²) in [4.78, 5) is 21.8. The molecule has 0 saturated carbocycles. The van der Waals surface area contributed by atoms with Gasteiger partial charge in [0.1, 0.15) is 11.3 Å². The Morgan fingerprint density at radius 2 is 2.00 bits per heavy atom. The summed E-state index contributed by atoms with van der Waals surface area (Å²) in [7, 11) is 2.64. The van der Waals surface area contributed by atoms with E-state index in [0.717, 1.165) is 0 Å². The summed E-state index contributed by atoms with van der Waals surface area (Å²) >= 11 is 0. The molecular formula is C10H11NO5. The number of carboxylic acid groups (broad SMARTS) is 1. The van der Waals surface area contributed by atoms with Crippen LogP contribution in [0.5, 0.6) is 5.75 Å². The molecule has 0 unspecified atom stereocenters. The molecule has 0 atom stereocenters. The summed E-state index contributed by atoms with van der Waals surface area (Å²) in [5.41, 5.74) is 0.435. The first kappa shape index (κ1) is 11.8. The third-order valence-electron chi connectivity index (χ3n) is 1.86. The van der Waals surface area contributed by atoms with Crippen LogP contribution in [-0.2, 0) is 4.74 Å². The standard InChI is InChI=1S/C10H11NO5/c1-15-8-4-3-6(11-10(13)14)5-7(8)9(12)16-2/h3-5,11H,1-2H3,(H,13,14). The van der Waals surface area contributed by atoms with Crippen LogP contribution < -0.4 is 10.1 Å². The molecule has 0 radical (unpaired) electrons. The largest absolute Gasteiger partial charge is 0.496 e. The van der Waals surface area contributed by atoms with Crippen LogP contribution in [0, 0.1) is 0 Å². The van der Waals surface area contributed by atoms with E-state index in [2.05, 4.69) is 10.1 Å². The van der Waals surface area contributed by atoms with Crippen LogP contribution in [-0.4, -0.2) is 31.4 Å². The number of anilines is 1. The maximum atomic E-state index is 11.4. The smallest absolute Gasteiger partial charge is 0.409 e. The first-order valence-electron chi connectivity index (χ1n) is 4.34. The monoisotopic (exact) mass is 225 g/mol. The number of ether oxygens (including phenoxy) is 2. The molecule has 0 aliphatic carbocycles. The Kier molecular flexibility index (Phi) is 3.71. The molecule has 0 bridgehead atoms. The highest BCUT2D eigenvalue weighted by atomic mass is 16.5. The number of carbonyl (C=O) groups is 2. The molecule has 1 amide bonds. The molecule has 0 aromatic heterocycles. The molecule has 0 saturated heterocycles.